The van der Waals surface area contributed by atoms with Crippen molar-refractivity contribution in [3.63, 3.8) is 0 Å². The smallest absolute Gasteiger partial charge is 0.173 e. The van der Waals surface area contributed by atoms with E-state index in [1.807, 2.05) is 81.5 Å². The van der Waals surface area contributed by atoms with Gasteiger partial charge in [-0.05, 0) is 81.5 Å². The highest BCUT2D eigenvalue weighted by Crippen LogP contribution is 2.45. The van der Waals surface area contributed by atoms with Gasteiger partial charge in [-0.15, -0.1) is 0 Å². The summed E-state index contributed by atoms with van der Waals surface area (Å²) in [6, 6.07) is 4.04. The number of aromatic nitrogens is 3. The number of allylic oxidation sites excluding steroid dienone is 4. The topological polar surface area (TPSA) is 105 Å². The molecular weight excluding hydrogens is 476 g/mol. The summed E-state index contributed by atoms with van der Waals surface area (Å²) in [7, 11) is 1.65. The SMILES string of the molecule is COCCC12C=C3C=CC(=N3)C=c3ccc([nH]3)=CC3=NC(c4cnc(C)nc4)(C=C3)C=C(N1)C(C)(C)C2=O. The molecule has 2 aromatic rings. The van der Waals surface area contributed by atoms with E-state index in [9.17, 15) is 4.79 Å². The number of ether oxygens (including phenoxy) is 1. The van der Waals surface area contributed by atoms with Crippen LogP contribution in [0, 0.1) is 12.3 Å². The Kier molecular flexibility index (Phi) is 5.54. The molecule has 1 saturated heterocycles. The molecule has 0 saturated carbocycles. The van der Waals surface area contributed by atoms with Gasteiger partial charge in [0.25, 0.3) is 0 Å². The summed E-state index contributed by atoms with van der Waals surface area (Å²) in [5.41, 5.74) is 1.31. The predicted octanol–water partition coefficient (Wildman–Crippen LogP) is 2.35. The molecule has 8 nitrogen and oxygen atoms in total. The lowest BCUT2D eigenvalue weighted by Crippen LogP contribution is -2.45. The number of carbonyl (C=O) groups is 1. The van der Waals surface area contributed by atoms with Gasteiger partial charge in [0.05, 0.1) is 22.5 Å². The zero-order valence-corrected chi connectivity index (χ0v) is 21.9. The van der Waals surface area contributed by atoms with Crippen LogP contribution in [-0.2, 0) is 15.1 Å². The number of aromatic amines is 1. The van der Waals surface area contributed by atoms with Crippen molar-refractivity contribution in [1.29, 1.82) is 0 Å². The average molecular weight is 507 g/mol. The lowest BCUT2D eigenvalue weighted by atomic mass is 9.77. The quantitative estimate of drug-likeness (QED) is 0.663. The first-order valence-corrected chi connectivity index (χ1v) is 12.7. The molecule has 6 rings (SSSR count). The van der Waals surface area contributed by atoms with Crippen LogP contribution >= 0.6 is 0 Å². The summed E-state index contributed by atoms with van der Waals surface area (Å²) < 4.78 is 5.43. The number of fused-ring (bicyclic) bond motifs is 6. The Morgan fingerprint density at radius 1 is 0.974 bits per heavy atom. The van der Waals surface area contributed by atoms with Gasteiger partial charge in [-0.2, -0.15) is 0 Å². The first kappa shape index (κ1) is 24.2. The molecule has 192 valence electrons. The number of nitrogens with zero attached hydrogens (tertiary/aromatic N) is 4. The molecule has 6 heterocycles. The lowest BCUT2D eigenvalue weighted by molar-refractivity contribution is -0.127. The van der Waals surface area contributed by atoms with Crippen LogP contribution in [-0.4, -0.2) is 51.4 Å². The Hall–Kier alpha value is -4.17. The fraction of sp³-hybridized carbons (Fsp3) is 0.300. The van der Waals surface area contributed by atoms with Crippen LogP contribution < -0.4 is 16.0 Å². The lowest BCUT2D eigenvalue weighted by Gasteiger charge is -2.26. The number of Topliss-reactive ketones (excluding diaryl/α,β-unsaturated/α-hetero) is 1. The van der Waals surface area contributed by atoms with Crippen molar-refractivity contribution in [2.45, 2.75) is 38.3 Å². The molecule has 2 atom stereocenters. The molecule has 1 fully saturated rings. The van der Waals surface area contributed by atoms with Crippen LogP contribution in [0.1, 0.15) is 31.7 Å². The molecule has 2 unspecified atom stereocenters. The summed E-state index contributed by atoms with van der Waals surface area (Å²) in [5.74, 6) is 0.746. The molecule has 4 aliphatic heterocycles. The van der Waals surface area contributed by atoms with Gasteiger partial charge in [-0.1, -0.05) is 0 Å². The third kappa shape index (κ3) is 4.01. The van der Waals surface area contributed by atoms with Gasteiger partial charge in [0, 0.05) is 54.5 Å². The fourth-order valence-corrected chi connectivity index (χ4v) is 5.41. The van der Waals surface area contributed by atoms with Gasteiger partial charge in [0.1, 0.15) is 16.9 Å². The second-order valence-electron chi connectivity index (χ2n) is 10.7. The molecule has 2 aromatic heterocycles. The van der Waals surface area contributed by atoms with Crippen LogP contribution in [0.3, 0.4) is 0 Å². The minimum absolute atomic E-state index is 0.0628. The highest BCUT2D eigenvalue weighted by Gasteiger charge is 2.54. The number of aryl methyl sites for hydroxylation is 1. The average Bonchev–Trinajstić information content (AvgIpc) is 3.65. The normalized spacial score (nSPS) is 26.7. The van der Waals surface area contributed by atoms with E-state index < -0.39 is 16.5 Å². The van der Waals surface area contributed by atoms with E-state index in [1.165, 1.54) is 0 Å². The van der Waals surface area contributed by atoms with Crippen molar-refractivity contribution in [2.24, 2.45) is 15.4 Å². The standard InChI is InChI=1S/C30H30N6O2/c1-19-31-17-20(18-32-19)29-10-9-24(35-29)14-23-6-5-21(33-23)13-22-7-8-25(34-22)15-30(11-12-38-4)27(37)28(2,3)26(16-29)36-30/h5-10,13-18,33,36H,11-12H2,1-4H3. The van der Waals surface area contributed by atoms with E-state index in [1.54, 1.807) is 19.5 Å². The van der Waals surface area contributed by atoms with Crippen molar-refractivity contribution < 1.29 is 9.53 Å². The number of H-pyrrole nitrogens is 1. The minimum atomic E-state index is -0.980. The summed E-state index contributed by atoms with van der Waals surface area (Å²) in [5, 5.41) is 5.48. The van der Waals surface area contributed by atoms with Crippen LogP contribution in [0.25, 0.3) is 12.2 Å². The molecule has 0 aromatic carbocycles. The maximum atomic E-state index is 14.2. The third-order valence-electron chi connectivity index (χ3n) is 7.55. The van der Waals surface area contributed by atoms with Crippen LogP contribution in [0.15, 0.2) is 82.4 Å². The van der Waals surface area contributed by atoms with Crippen molar-refractivity contribution in [3.8, 4) is 0 Å². The predicted molar refractivity (Wildman–Crippen MR) is 148 cm³/mol. The number of nitrogens with one attached hydrogen (secondary N) is 2. The van der Waals surface area contributed by atoms with E-state index in [0.717, 1.165) is 39.1 Å². The Morgan fingerprint density at radius 3 is 2.45 bits per heavy atom. The Morgan fingerprint density at radius 2 is 1.71 bits per heavy atom. The fourth-order valence-electron chi connectivity index (χ4n) is 5.41. The first-order chi connectivity index (χ1) is 18.2. The van der Waals surface area contributed by atoms with E-state index in [4.69, 9.17) is 14.7 Å². The van der Waals surface area contributed by atoms with Crippen molar-refractivity contribution >= 4 is 29.4 Å². The monoisotopic (exact) mass is 506 g/mol. The number of methoxy groups -OCH3 is 1. The zero-order valence-electron chi connectivity index (χ0n) is 21.9. The number of hydrogen-bond acceptors (Lipinski definition) is 7. The van der Waals surface area contributed by atoms with Crippen LogP contribution in [0.5, 0.6) is 0 Å². The minimum Gasteiger partial charge on any atom is -0.385 e. The highest BCUT2D eigenvalue weighted by atomic mass is 16.5. The Labute approximate surface area is 221 Å². The molecule has 0 spiro atoms. The second kappa shape index (κ2) is 8.70. The molecule has 0 radical (unpaired) electrons. The Bertz CT molecular complexity index is 1630. The maximum absolute atomic E-state index is 14.2. The molecule has 2 N–H and O–H groups in total. The van der Waals surface area contributed by atoms with Gasteiger partial charge in [-0.3, -0.25) is 9.79 Å². The number of carbonyl (C=O) groups excluding carboxylic acids is 1. The number of hydrogen-bond donors (Lipinski definition) is 2. The molecule has 0 amide bonds. The molecule has 8 heteroatoms. The summed E-state index contributed by atoms with van der Waals surface area (Å²) in [6.07, 6.45) is 20.0. The summed E-state index contributed by atoms with van der Waals surface area (Å²) in [4.78, 5) is 36.4. The molecule has 4 aliphatic rings. The maximum Gasteiger partial charge on any atom is 0.173 e. The first-order valence-electron chi connectivity index (χ1n) is 12.7. The van der Waals surface area contributed by atoms with Gasteiger partial charge in [0.15, 0.2) is 5.78 Å². The van der Waals surface area contributed by atoms with Gasteiger partial charge < -0.3 is 15.0 Å². The van der Waals surface area contributed by atoms with Gasteiger partial charge >= 0.3 is 0 Å². The highest BCUT2D eigenvalue weighted by molar-refractivity contribution is 6.20. The molecule has 8 bridgehead atoms. The molecular formula is C30H30N6O2. The van der Waals surface area contributed by atoms with Gasteiger partial charge in [0.2, 0.25) is 0 Å². The van der Waals surface area contributed by atoms with E-state index >= 15 is 0 Å². The summed E-state index contributed by atoms with van der Waals surface area (Å²) >= 11 is 0. The largest absolute Gasteiger partial charge is 0.385 e. The molecule has 38 heavy (non-hydrogen) atoms. The van der Waals surface area contributed by atoms with Crippen molar-refractivity contribution in [2.75, 3.05) is 13.7 Å². The van der Waals surface area contributed by atoms with Gasteiger partial charge in [-0.25, -0.2) is 15.0 Å². The van der Waals surface area contributed by atoms with E-state index in [0.29, 0.717) is 18.9 Å². The second-order valence-corrected chi connectivity index (χ2v) is 10.7. The van der Waals surface area contributed by atoms with Crippen LogP contribution in [0.2, 0.25) is 0 Å². The number of aliphatic imine (C=N–C) groups is 2. The third-order valence-corrected chi connectivity index (χ3v) is 7.55. The van der Waals surface area contributed by atoms with E-state index in [-0.39, 0.29) is 5.78 Å². The number of ketones is 1. The molecule has 0 aliphatic carbocycles. The van der Waals surface area contributed by atoms with Crippen molar-refractivity contribution in [1.82, 2.24) is 20.3 Å². The zero-order chi connectivity index (χ0) is 26.5. The number of rotatable bonds is 4. The summed E-state index contributed by atoms with van der Waals surface area (Å²) in [6.45, 7) is 6.18. The van der Waals surface area contributed by atoms with Crippen LogP contribution in [0.4, 0.5) is 0 Å². The van der Waals surface area contributed by atoms with Crippen molar-refractivity contribution in [3.05, 3.63) is 94.5 Å². The Balaban J connectivity index is 1.62. The van der Waals surface area contributed by atoms with E-state index in [2.05, 4.69) is 20.3 Å².